The third-order valence-electron chi connectivity index (χ3n) is 5.50. The maximum atomic E-state index is 13.1. The van der Waals surface area contributed by atoms with E-state index in [9.17, 15) is 8.42 Å². The third-order valence-corrected chi connectivity index (χ3v) is 7.39. The van der Waals surface area contributed by atoms with Crippen LogP contribution in [0.1, 0.15) is 44.9 Å². The van der Waals surface area contributed by atoms with Crippen LogP contribution in [0.2, 0.25) is 0 Å². The van der Waals surface area contributed by atoms with Crippen LogP contribution in [0.4, 0.5) is 0 Å². The van der Waals surface area contributed by atoms with Crippen LogP contribution in [0.15, 0.2) is 23.6 Å². The smallest absolute Gasteiger partial charge is 0.245 e. The van der Waals surface area contributed by atoms with E-state index in [4.69, 9.17) is 0 Å². The van der Waals surface area contributed by atoms with Gasteiger partial charge < -0.3 is 4.98 Å². The molecule has 4 rings (SSSR count). The van der Waals surface area contributed by atoms with Crippen LogP contribution in [0.5, 0.6) is 0 Å². The number of fused-ring (bicyclic) bond motifs is 1. The monoisotopic (exact) mass is 334 g/mol. The van der Waals surface area contributed by atoms with Gasteiger partial charge in [0.15, 0.2) is 0 Å². The minimum atomic E-state index is -3.49. The average Bonchev–Trinajstić information content (AvgIpc) is 3.09. The summed E-state index contributed by atoms with van der Waals surface area (Å²) in [7, 11) is -3.49. The highest BCUT2D eigenvalue weighted by Gasteiger charge is 2.43. The number of aromatic amines is 1. The fourth-order valence-corrected chi connectivity index (χ4v) is 5.86. The standard InChI is InChI=1S/C16H22N4O2S/c21-23(22,14-10-18-15-13(14)9-17-12-19-15)20-8-7-16(11-20)5-3-1-2-4-6-16/h9-10,12H,1-8,11H2,(H,17,18,19). The molecule has 3 heterocycles. The van der Waals surface area contributed by atoms with Crippen LogP contribution in [0.25, 0.3) is 11.0 Å². The van der Waals surface area contributed by atoms with Crippen molar-refractivity contribution >= 4 is 21.1 Å². The van der Waals surface area contributed by atoms with E-state index in [0.717, 1.165) is 19.3 Å². The highest BCUT2D eigenvalue weighted by atomic mass is 32.2. The van der Waals surface area contributed by atoms with Gasteiger partial charge in [0.05, 0.1) is 5.39 Å². The molecule has 0 amide bonds. The molecule has 0 bridgehead atoms. The summed E-state index contributed by atoms with van der Waals surface area (Å²) >= 11 is 0. The fourth-order valence-electron chi connectivity index (χ4n) is 4.18. The molecule has 1 aliphatic carbocycles. The Balaban J connectivity index is 1.65. The second-order valence-electron chi connectivity index (χ2n) is 6.94. The van der Waals surface area contributed by atoms with Gasteiger partial charge in [-0.05, 0) is 24.7 Å². The number of rotatable bonds is 2. The lowest BCUT2D eigenvalue weighted by Crippen LogP contribution is -2.32. The number of hydrogen-bond acceptors (Lipinski definition) is 4. The summed E-state index contributed by atoms with van der Waals surface area (Å²) in [6, 6.07) is 0. The Morgan fingerprint density at radius 3 is 2.70 bits per heavy atom. The quantitative estimate of drug-likeness (QED) is 0.916. The molecule has 2 aromatic rings. The Kier molecular flexibility index (Phi) is 3.65. The highest BCUT2D eigenvalue weighted by Crippen LogP contribution is 2.44. The Labute approximate surface area is 136 Å². The third kappa shape index (κ3) is 2.55. The first-order valence-corrected chi connectivity index (χ1v) is 9.82. The van der Waals surface area contributed by atoms with Crippen LogP contribution < -0.4 is 0 Å². The molecular weight excluding hydrogens is 312 g/mol. The van der Waals surface area contributed by atoms with Crippen LogP contribution in [-0.4, -0.2) is 40.8 Å². The number of nitrogens with one attached hydrogen (secondary N) is 1. The van der Waals surface area contributed by atoms with Crippen molar-refractivity contribution in [3.8, 4) is 0 Å². The molecule has 7 heteroatoms. The fraction of sp³-hybridized carbons (Fsp3) is 0.625. The molecule has 1 N–H and O–H groups in total. The Hall–Kier alpha value is -1.47. The molecule has 1 saturated heterocycles. The van der Waals surface area contributed by atoms with E-state index in [1.807, 2.05) is 0 Å². The molecule has 1 aliphatic heterocycles. The zero-order valence-corrected chi connectivity index (χ0v) is 14.0. The first-order chi connectivity index (χ1) is 11.1. The van der Waals surface area contributed by atoms with E-state index in [0.29, 0.717) is 29.0 Å². The molecule has 23 heavy (non-hydrogen) atoms. The van der Waals surface area contributed by atoms with E-state index in [2.05, 4.69) is 15.0 Å². The van der Waals surface area contributed by atoms with Gasteiger partial charge in [-0.15, -0.1) is 0 Å². The van der Waals surface area contributed by atoms with Crippen LogP contribution >= 0.6 is 0 Å². The molecule has 0 aromatic carbocycles. The summed E-state index contributed by atoms with van der Waals surface area (Å²) < 4.78 is 27.8. The van der Waals surface area contributed by atoms with Crippen molar-refractivity contribution in [3.05, 3.63) is 18.7 Å². The van der Waals surface area contributed by atoms with Crippen molar-refractivity contribution in [3.63, 3.8) is 0 Å². The van der Waals surface area contributed by atoms with Gasteiger partial charge in [0.2, 0.25) is 10.0 Å². The predicted octanol–water partition coefficient (Wildman–Crippen LogP) is 2.69. The lowest BCUT2D eigenvalue weighted by atomic mass is 9.80. The SMILES string of the molecule is O=S(=O)(c1c[nH]c2ncncc12)N1CCC2(CCCCCC2)C1. The Morgan fingerprint density at radius 1 is 1.13 bits per heavy atom. The predicted molar refractivity (Wildman–Crippen MR) is 87.4 cm³/mol. The number of sulfonamides is 1. The van der Waals surface area contributed by atoms with Crippen molar-refractivity contribution in [2.75, 3.05) is 13.1 Å². The van der Waals surface area contributed by atoms with Gasteiger partial charge in [-0.3, -0.25) is 0 Å². The molecule has 2 fully saturated rings. The average molecular weight is 334 g/mol. The summed E-state index contributed by atoms with van der Waals surface area (Å²) in [6.07, 6.45) is 12.9. The maximum Gasteiger partial charge on any atom is 0.245 e. The van der Waals surface area contributed by atoms with Gasteiger partial charge in [0.25, 0.3) is 0 Å². The largest absolute Gasteiger partial charge is 0.345 e. The summed E-state index contributed by atoms with van der Waals surface area (Å²) in [5, 5.41) is 0.578. The van der Waals surface area contributed by atoms with Gasteiger partial charge >= 0.3 is 0 Å². The van der Waals surface area contributed by atoms with E-state index in [-0.39, 0.29) is 5.41 Å². The van der Waals surface area contributed by atoms with Crippen LogP contribution in [-0.2, 0) is 10.0 Å². The highest BCUT2D eigenvalue weighted by molar-refractivity contribution is 7.89. The molecule has 124 valence electrons. The molecule has 2 aliphatic rings. The molecule has 0 atom stereocenters. The lowest BCUT2D eigenvalue weighted by Gasteiger charge is -2.27. The van der Waals surface area contributed by atoms with Crippen molar-refractivity contribution in [2.24, 2.45) is 5.41 Å². The van der Waals surface area contributed by atoms with Gasteiger partial charge in [0.1, 0.15) is 16.9 Å². The van der Waals surface area contributed by atoms with Crippen LogP contribution in [0, 0.1) is 5.41 Å². The topological polar surface area (TPSA) is 79.0 Å². The Bertz CT molecular complexity index is 806. The second kappa shape index (κ2) is 5.56. The lowest BCUT2D eigenvalue weighted by molar-refractivity contribution is 0.261. The second-order valence-corrected chi connectivity index (χ2v) is 8.85. The molecule has 1 spiro atoms. The summed E-state index contributed by atoms with van der Waals surface area (Å²) in [6.45, 7) is 1.29. The van der Waals surface area contributed by atoms with E-state index < -0.39 is 10.0 Å². The maximum absolute atomic E-state index is 13.1. The summed E-state index contributed by atoms with van der Waals surface area (Å²) in [5.74, 6) is 0. The molecule has 0 radical (unpaired) electrons. The van der Waals surface area contributed by atoms with E-state index >= 15 is 0 Å². The molecule has 0 unspecified atom stereocenters. The Morgan fingerprint density at radius 2 is 1.91 bits per heavy atom. The van der Waals surface area contributed by atoms with Gasteiger partial charge in [0, 0.05) is 25.5 Å². The molecule has 2 aromatic heterocycles. The van der Waals surface area contributed by atoms with Crippen LogP contribution in [0.3, 0.4) is 0 Å². The van der Waals surface area contributed by atoms with E-state index in [1.165, 1.54) is 32.0 Å². The number of aromatic nitrogens is 3. The number of H-pyrrole nitrogens is 1. The zero-order valence-electron chi connectivity index (χ0n) is 13.2. The first-order valence-electron chi connectivity index (χ1n) is 8.38. The normalized spacial score (nSPS) is 22.6. The van der Waals surface area contributed by atoms with Crippen molar-refractivity contribution < 1.29 is 8.42 Å². The first kappa shape index (κ1) is 15.1. The summed E-state index contributed by atoms with van der Waals surface area (Å²) in [4.78, 5) is 11.3. The van der Waals surface area contributed by atoms with Crippen molar-refractivity contribution in [1.82, 2.24) is 19.3 Å². The molecule has 6 nitrogen and oxygen atoms in total. The minimum Gasteiger partial charge on any atom is -0.345 e. The van der Waals surface area contributed by atoms with Gasteiger partial charge in [-0.25, -0.2) is 18.4 Å². The van der Waals surface area contributed by atoms with Crippen molar-refractivity contribution in [1.29, 1.82) is 0 Å². The molecular formula is C16H22N4O2S. The van der Waals surface area contributed by atoms with Gasteiger partial charge in [-0.2, -0.15) is 4.31 Å². The van der Waals surface area contributed by atoms with Gasteiger partial charge in [-0.1, -0.05) is 25.7 Å². The number of nitrogens with zero attached hydrogens (tertiary/aromatic N) is 3. The summed E-state index contributed by atoms with van der Waals surface area (Å²) in [5.41, 5.74) is 0.772. The van der Waals surface area contributed by atoms with E-state index in [1.54, 1.807) is 16.7 Å². The van der Waals surface area contributed by atoms with Crippen molar-refractivity contribution in [2.45, 2.75) is 49.8 Å². The number of hydrogen-bond donors (Lipinski definition) is 1. The minimum absolute atomic E-state index is 0.201. The molecule has 1 saturated carbocycles. The zero-order chi connectivity index (χ0) is 15.9.